The molecule has 0 spiro atoms. The second-order valence-electron chi connectivity index (χ2n) is 4.26. The summed E-state index contributed by atoms with van der Waals surface area (Å²) in [4.78, 5) is 33.9. The lowest BCUT2D eigenvalue weighted by molar-refractivity contribution is -0.144. The summed E-state index contributed by atoms with van der Waals surface area (Å²) in [7, 11) is 3.57. The third kappa shape index (κ3) is 4.88. The van der Waals surface area contributed by atoms with Crippen molar-refractivity contribution in [3.8, 4) is 11.5 Å². The molecule has 0 unspecified atom stereocenters. The van der Waals surface area contributed by atoms with Gasteiger partial charge in [-0.1, -0.05) is 11.6 Å². The van der Waals surface area contributed by atoms with Crippen molar-refractivity contribution in [3.05, 3.63) is 28.3 Å². The molecule has 0 saturated heterocycles. The Hall–Kier alpha value is -2.74. The number of methoxy groups -OCH3 is 3. The number of ether oxygens (including phenoxy) is 4. The lowest BCUT2D eigenvalue weighted by atomic mass is 10.1. The topological polar surface area (TPSA) is 108 Å². The fourth-order valence-corrected chi connectivity index (χ4v) is 1.96. The van der Waals surface area contributed by atoms with Gasteiger partial charge in [-0.05, 0) is 23.8 Å². The van der Waals surface area contributed by atoms with E-state index >= 15 is 0 Å². The van der Waals surface area contributed by atoms with Crippen LogP contribution in [0.1, 0.15) is 5.56 Å². The molecule has 24 heavy (non-hydrogen) atoms. The van der Waals surface area contributed by atoms with E-state index in [2.05, 4.69) is 9.47 Å². The number of aliphatic carboxylic acids is 1. The Bertz CT molecular complexity index is 662. The molecule has 1 N–H and O–H groups in total. The van der Waals surface area contributed by atoms with Crippen LogP contribution in [0, 0.1) is 0 Å². The van der Waals surface area contributed by atoms with Crippen molar-refractivity contribution < 1.29 is 38.4 Å². The quantitative estimate of drug-likeness (QED) is 0.338. The maximum atomic E-state index is 11.7. The highest BCUT2D eigenvalue weighted by molar-refractivity contribution is 6.32. The molecule has 1 aromatic carbocycles. The molecule has 9 heteroatoms. The van der Waals surface area contributed by atoms with Gasteiger partial charge in [0.25, 0.3) is 0 Å². The minimum absolute atomic E-state index is 0.0244. The first-order valence-electron chi connectivity index (χ1n) is 6.44. The van der Waals surface area contributed by atoms with E-state index in [-0.39, 0.29) is 22.1 Å². The smallest absolute Gasteiger partial charge is 0.345 e. The number of carboxylic acid groups (broad SMARTS) is 1. The van der Waals surface area contributed by atoms with Crippen molar-refractivity contribution in [2.75, 3.05) is 27.9 Å². The van der Waals surface area contributed by atoms with Crippen LogP contribution in [0.25, 0.3) is 6.08 Å². The number of carbonyl (C=O) groups excluding carboxylic acids is 2. The number of halogens is 1. The summed E-state index contributed by atoms with van der Waals surface area (Å²) in [5, 5.41) is 8.70. The highest BCUT2D eigenvalue weighted by Crippen LogP contribution is 2.37. The van der Waals surface area contributed by atoms with E-state index in [4.69, 9.17) is 26.2 Å². The molecular weight excluding hydrogens is 344 g/mol. The summed E-state index contributed by atoms with van der Waals surface area (Å²) in [5.74, 6) is -2.80. The van der Waals surface area contributed by atoms with Gasteiger partial charge in [-0.15, -0.1) is 0 Å². The number of esters is 2. The molecule has 0 bridgehead atoms. The van der Waals surface area contributed by atoms with E-state index in [1.165, 1.54) is 25.3 Å². The monoisotopic (exact) mass is 358 g/mol. The molecule has 1 rings (SSSR count). The average Bonchev–Trinajstić information content (AvgIpc) is 2.56. The van der Waals surface area contributed by atoms with E-state index in [0.29, 0.717) is 5.56 Å². The van der Waals surface area contributed by atoms with E-state index in [1.54, 1.807) is 0 Å². The maximum absolute atomic E-state index is 11.7. The van der Waals surface area contributed by atoms with Crippen molar-refractivity contribution in [3.63, 3.8) is 0 Å². The predicted molar refractivity (Wildman–Crippen MR) is 83.1 cm³/mol. The minimum Gasteiger partial charge on any atom is -0.493 e. The molecule has 0 heterocycles. The van der Waals surface area contributed by atoms with Crippen LogP contribution in [0.2, 0.25) is 5.02 Å². The average molecular weight is 359 g/mol. The Morgan fingerprint density at radius 3 is 2.17 bits per heavy atom. The van der Waals surface area contributed by atoms with Gasteiger partial charge in [-0.2, -0.15) is 0 Å². The fraction of sp³-hybridized carbons (Fsp3) is 0.267. The predicted octanol–water partition coefficient (Wildman–Crippen LogP) is 1.54. The van der Waals surface area contributed by atoms with Gasteiger partial charge in [0.2, 0.25) is 0 Å². The molecule has 0 aliphatic rings. The zero-order valence-corrected chi connectivity index (χ0v) is 13.9. The minimum atomic E-state index is -1.18. The molecular formula is C15H15ClO8. The van der Waals surface area contributed by atoms with Crippen LogP contribution in [-0.4, -0.2) is 51.0 Å². The molecule has 0 aromatic heterocycles. The number of hydrogen-bond acceptors (Lipinski definition) is 7. The Balaban J connectivity index is 3.31. The van der Waals surface area contributed by atoms with Crippen LogP contribution in [0.15, 0.2) is 17.7 Å². The zero-order valence-electron chi connectivity index (χ0n) is 13.1. The number of carbonyl (C=O) groups is 3. The molecule has 0 aliphatic heterocycles. The molecule has 0 aliphatic carbocycles. The van der Waals surface area contributed by atoms with Crippen molar-refractivity contribution in [1.29, 1.82) is 0 Å². The van der Waals surface area contributed by atoms with Gasteiger partial charge in [0.1, 0.15) is 5.57 Å². The van der Waals surface area contributed by atoms with Crippen molar-refractivity contribution in [2.24, 2.45) is 0 Å². The Morgan fingerprint density at radius 1 is 1.12 bits per heavy atom. The molecule has 8 nitrogen and oxygen atoms in total. The van der Waals surface area contributed by atoms with Crippen LogP contribution >= 0.6 is 11.6 Å². The second-order valence-corrected chi connectivity index (χ2v) is 4.66. The largest absolute Gasteiger partial charge is 0.493 e. The van der Waals surface area contributed by atoms with Crippen LogP contribution in [-0.2, 0) is 23.9 Å². The van der Waals surface area contributed by atoms with Crippen LogP contribution in [0.3, 0.4) is 0 Å². The van der Waals surface area contributed by atoms with Gasteiger partial charge in [0.05, 0.1) is 26.4 Å². The summed E-state index contributed by atoms with van der Waals surface area (Å²) >= 11 is 6.05. The SMILES string of the molecule is COC(=O)C(=Cc1cc(Cl)c(OCC(=O)O)c(OC)c1)C(=O)OC. The lowest BCUT2D eigenvalue weighted by Gasteiger charge is -2.12. The molecule has 0 fully saturated rings. The molecule has 0 radical (unpaired) electrons. The maximum Gasteiger partial charge on any atom is 0.345 e. The fourth-order valence-electron chi connectivity index (χ4n) is 1.68. The summed E-state index contributed by atoms with van der Waals surface area (Å²) < 4.78 is 19.2. The highest BCUT2D eigenvalue weighted by Gasteiger charge is 2.21. The Kier molecular flexibility index (Phi) is 7.06. The van der Waals surface area contributed by atoms with Gasteiger partial charge in [-0.3, -0.25) is 0 Å². The standard InChI is InChI=1S/C15H15ClO8/c1-21-11-6-8(4-9(14(19)22-2)15(20)23-3)5-10(16)13(11)24-7-12(17)18/h4-6H,7H2,1-3H3,(H,17,18). The van der Waals surface area contributed by atoms with E-state index < -0.39 is 24.5 Å². The molecule has 130 valence electrons. The Morgan fingerprint density at radius 2 is 1.71 bits per heavy atom. The zero-order chi connectivity index (χ0) is 18.3. The second kappa shape index (κ2) is 8.78. The first-order chi connectivity index (χ1) is 11.3. The van der Waals surface area contributed by atoms with Crippen molar-refractivity contribution in [1.82, 2.24) is 0 Å². The van der Waals surface area contributed by atoms with Gasteiger partial charge in [0.15, 0.2) is 18.1 Å². The molecule has 0 saturated carbocycles. The van der Waals surface area contributed by atoms with Crippen molar-refractivity contribution in [2.45, 2.75) is 0 Å². The first kappa shape index (κ1) is 19.3. The Labute approximate surface area is 142 Å². The molecule has 0 atom stereocenters. The lowest BCUT2D eigenvalue weighted by Crippen LogP contribution is -2.15. The summed E-state index contributed by atoms with van der Waals surface area (Å²) in [6, 6.07) is 2.78. The van der Waals surface area contributed by atoms with E-state index in [0.717, 1.165) is 14.2 Å². The van der Waals surface area contributed by atoms with Gasteiger partial charge >= 0.3 is 17.9 Å². The third-order valence-corrected chi connectivity index (χ3v) is 2.99. The van der Waals surface area contributed by atoms with Crippen molar-refractivity contribution >= 4 is 35.6 Å². The molecule has 1 aromatic rings. The van der Waals surface area contributed by atoms with Gasteiger partial charge < -0.3 is 24.1 Å². The summed E-state index contributed by atoms with van der Waals surface area (Å²) in [6.07, 6.45) is 1.20. The number of rotatable bonds is 7. The highest BCUT2D eigenvalue weighted by atomic mass is 35.5. The normalized spacial score (nSPS) is 9.67. The third-order valence-electron chi connectivity index (χ3n) is 2.71. The van der Waals surface area contributed by atoms with Crippen LogP contribution in [0.4, 0.5) is 0 Å². The number of benzene rings is 1. The molecule has 0 amide bonds. The van der Waals surface area contributed by atoms with Gasteiger partial charge in [0, 0.05) is 0 Å². The van der Waals surface area contributed by atoms with Crippen LogP contribution in [0.5, 0.6) is 11.5 Å². The van der Waals surface area contributed by atoms with E-state index in [9.17, 15) is 14.4 Å². The van der Waals surface area contributed by atoms with Crippen LogP contribution < -0.4 is 9.47 Å². The van der Waals surface area contributed by atoms with Gasteiger partial charge in [-0.25, -0.2) is 14.4 Å². The summed E-state index contributed by atoms with van der Waals surface area (Å²) in [5.41, 5.74) is -0.0253. The first-order valence-corrected chi connectivity index (χ1v) is 6.82. The summed E-state index contributed by atoms with van der Waals surface area (Å²) in [6.45, 7) is -0.610. The number of hydrogen-bond donors (Lipinski definition) is 1. The van der Waals surface area contributed by atoms with E-state index in [1.807, 2.05) is 0 Å². The number of carboxylic acids is 1.